The molecule has 1 heterocycles. The van der Waals surface area contributed by atoms with Gasteiger partial charge in [-0.2, -0.15) is 0 Å². The van der Waals surface area contributed by atoms with E-state index in [-0.39, 0.29) is 5.56 Å². The van der Waals surface area contributed by atoms with Gasteiger partial charge in [-0.05, 0) is 12.8 Å². The monoisotopic (exact) mass is 269 g/mol. The van der Waals surface area contributed by atoms with Crippen molar-refractivity contribution in [3.05, 3.63) is 23.3 Å². The molecule has 104 valence electrons. The van der Waals surface area contributed by atoms with Gasteiger partial charge in [-0.25, -0.2) is 8.78 Å². The Labute approximate surface area is 110 Å². The molecule has 1 fully saturated rings. The fourth-order valence-corrected chi connectivity index (χ4v) is 3.21. The van der Waals surface area contributed by atoms with Gasteiger partial charge < -0.3 is 15.2 Å². The first-order valence-corrected chi connectivity index (χ1v) is 6.66. The summed E-state index contributed by atoms with van der Waals surface area (Å²) >= 11 is 0. The average Bonchev–Trinajstić information content (AvgIpc) is 2.90. The van der Waals surface area contributed by atoms with E-state index in [1.165, 1.54) is 0 Å². The number of ether oxygens (including phenoxy) is 2. The van der Waals surface area contributed by atoms with Gasteiger partial charge in [0.05, 0.1) is 0 Å². The predicted octanol–water partition coefficient (Wildman–Crippen LogP) is 2.51. The molecule has 19 heavy (non-hydrogen) atoms. The Balaban J connectivity index is 2.21. The number of nitrogens with two attached hydrogens (primary N) is 1. The van der Waals surface area contributed by atoms with Crippen molar-refractivity contribution >= 4 is 0 Å². The van der Waals surface area contributed by atoms with E-state index in [4.69, 9.17) is 15.2 Å². The van der Waals surface area contributed by atoms with Gasteiger partial charge in [0.25, 0.3) is 0 Å². The molecule has 5 heteroatoms. The summed E-state index contributed by atoms with van der Waals surface area (Å²) in [6.45, 7) is 1.00. The summed E-state index contributed by atoms with van der Waals surface area (Å²) in [5.41, 5.74) is 5.63. The first kappa shape index (κ1) is 12.7. The van der Waals surface area contributed by atoms with Crippen LogP contribution in [0.1, 0.15) is 31.2 Å². The zero-order valence-corrected chi connectivity index (χ0v) is 10.7. The Morgan fingerprint density at radius 3 is 2.53 bits per heavy atom. The zero-order valence-electron chi connectivity index (χ0n) is 10.7. The lowest BCUT2D eigenvalue weighted by molar-refractivity contribution is 0.163. The third kappa shape index (κ3) is 1.87. The normalized spacial score (nSPS) is 20.6. The van der Waals surface area contributed by atoms with Crippen LogP contribution in [0.25, 0.3) is 0 Å². The van der Waals surface area contributed by atoms with Gasteiger partial charge in [0, 0.05) is 23.6 Å². The lowest BCUT2D eigenvalue weighted by Gasteiger charge is -2.32. The summed E-state index contributed by atoms with van der Waals surface area (Å²) in [6.07, 6.45) is 3.48. The molecule has 1 aromatic carbocycles. The molecule has 1 saturated carbocycles. The molecule has 0 saturated heterocycles. The standard InChI is InChI=1S/C14H17F2NO2/c15-9-7-10-13(19-6-5-18-10)11(12(9)16)14(8-17)3-1-2-4-14/h7H,1-6,8,17H2. The summed E-state index contributed by atoms with van der Waals surface area (Å²) in [5, 5.41) is 0. The summed E-state index contributed by atoms with van der Waals surface area (Å²) in [7, 11) is 0. The maximum absolute atomic E-state index is 14.3. The molecule has 3 rings (SSSR count). The van der Waals surface area contributed by atoms with Crippen molar-refractivity contribution in [1.82, 2.24) is 0 Å². The van der Waals surface area contributed by atoms with Gasteiger partial charge in [-0.15, -0.1) is 0 Å². The summed E-state index contributed by atoms with van der Waals surface area (Å²) in [4.78, 5) is 0. The van der Waals surface area contributed by atoms with Gasteiger partial charge >= 0.3 is 0 Å². The minimum Gasteiger partial charge on any atom is -0.486 e. The number of fused-ring (bicyclic) bond motifs is 1. The Hall–Kier alpha value is -1.36. The van der Waals surface area contributed by atoms with E-state index in [9.17, 15) is 8.78 Å². The Kier molecular flexibility index (Phi) is 3.09. The van der Waals surface area contributed by atoms with E-state index < -0.39 is 17.0 Å². The van der Waals surface area contributed by atoms with E-state index in [0.717, 1.165) is 31.7 Å². The van der Waals surface area contributed by atoms with Gasteiger partial charge in [0.2, 0.25) is 0 Å². The predicted molar refractivity (Wildman–Crippen MR) is 66.5 cm³/mol. The van der Waals surface area contributed by atoms with Crippen LogP contribution in [0.5, 0.6) is 11.5 Å². The van der Waals surface area contributed by atoms with Crippen molar-refractivity contribution in [3.63, 3.8) is 0 Å². The van der Waals surface area contributed by atoms with Crippen molar-refractivity contribution < 1.29 is 18.3 Å². The summed E-state index contributed by atoms with van der Waals surface area (Å²) in [6, 6.07) is 1.06. The quantitative estimate of drug-likeness (QED) is 0.897. The maximum atomic E-state index is 14.3. The molecule has 0 radical (unpaired) electrons. The smallest absolute Gasteiger partial charge is 0.168 e. The van der Waals surface area contributed by atoms with Gasteiger partial charge in [0.1, 0.15) is 13.2 Å². The molecule has 0 atom stereocenters. The lowest BCUT2D eigenvalue weighted by Crippen LogP contribution is -2.35. The van der Waals surface area contributed by atoms with Crippen molar-refractivity contribution in [2.24, 2.45) is 5.73 Å². The molecular formula is C14H17F2NO2. The number of benzene rings is 1. The SMILES string of the molecule is NCC1(c2c(F)c(F)cc3c2OCCO3)CCCC1. The van der Waals surface area contributed by atoms with Crippen LogP contribution >= 0.6 is 0 Å². The summed E-state index contributed by atoms with van der Waals surface area (Å²) in [5.74, 6) is -1.09. The van der Waals surface area contributed by atoms with Gasteiger partial charge in [0.15, 0.2) is 23.1 Å². The average molecular weight is 269 g/mol. The van der Waals surface area contributed by atoms with Crippen molar-refractivity contribution in [2.75, 3.05) is 19.8 Å². The molecule has 0 spiro atoms. The van der Waals surface area contributed by atoms with Gasteiger partial charge in [-0.1, -0.05) is 12.8 Å². The number of hydrogen-bond donors (Lipinski definition) is 1. The van der Waals surface area contributed by atoms with Crippen LogP contribution in [0.15, 0.2) is 6.07 Å². The Morgan fingerprint density at radius 2 is 1.84 bits per heavy atom. The lowest BCUT2D eigenvalue weighted by atomic mass is 9.77. The van der Waals surface area contributed by atoms with Crippen molar-refractivity contribution in [3.8, 4) is 11.5 Å². The van der Waals surface area contributed by atoms with Crippen LogP contribution in [0.4, 0.5) is 8.78 Å². The second kappa shape index (κ2) is 4.63. The van der Waals surface area contributed by atoms with Crippen molar-refractivity contribution in [1.29, 1.82) is 0 Å². The van der Waals surface area contributed by atoms with E-state index >= 15 is 0 Å². The summed E-state index contributed by atoms with van der Waals surface area (Å²) < 4.78 is 39.0. The highest BCUT2D eigenvalue weighted by Gasteiger charge is 2.41. The molecular weight excluding hydrogens is 252 g/mol. The minimum absolute atomic E-state index is 0.280. The maximum Gasteiger partial charge on any atom is 0.168 e. The minimum atomic E-state index is -0.890. The van der Waals surface area contributed by atoms with E-state index in [0.29, 0.717) is 31.3 Å². The fourth-order valence-electron chi connectivity index (χ4n) is 3.21. The first-order valence-electron chi connectivity index (χ1n) is 6.66. The van der Waals surface area contributed by atoms with Gasteiger partial charge in [-0.3, -0.25) is 0 Å². The largest absolute Gasteiger partial charge is 0.486 e. The molecule has 0 amide bonds. The van der Waals surface area contributed by atoms with Crippen molar-refractivity contribution in [2.45, 2.75) is 31.1 Å². The molecule has 1 aliphatic heterocycles. The topological polar surface area (TPSA) is 44.5 Å². The highest BCUT2D eigenvalue weighted by molar-refractivity contribution is 5.52. The molecule has 0 bridgehead atoms. The molecule has 3 nitrogen and oxygen atoms in total. The molecule has 1 aliphatic carbocycles. The highest BCUT2D eigenvalue weighted by atomic mass is 19.2. The molecule has 1 aromatic rings. The molecule has 0 aromatic heterocycles. The zero-order chi connectivity index (χ0) is 13.5. The second-order valence-corrected chi connectivity index (χ2v) is 5.26. The third-order valence-electron chi connectivity index (χ3n) is 4.21. The number of rotatable bonds is 2. The second-order valence-electron chi connectivity index (χ2n) is 5.26. The van der Waals surface area contributed by atoms with Crippen LogP contribution in [0, 0.1) is 11.6 Å². The van der Waals surface area contributed by atoms with E-state index in [2.05, 4.69) is 0 Å². The van der Waals surface area contributed by atoms with Crippen LogP contribution in [0.2, 0.25) is 0 Å². The fraction of sp³-hybridized carbons (Fsp3) is 0.571. The Bertz CT molecular complexity index is 499. The van der Waals surface area contributed by atoms with Crippen LogP contribution in [-0.2, 0) is 5.41 Å². The first-order chi connectivity index (χ1) is 9.18. The number of hydrogen-bond acceptors (Lipinski definition) is 3. The van der Waals surface area contributed by atoms with Crippen LogP contribution < -0.4 is 15.2 Å². The van der Waals surface area contributed by atoms with E-state index in [1.807, 2.05) is 0 Å². The third-order valence-corrected chi connectivity index (χ3v) is 4.21. The van der Waals surface area contributed by atoms with E-state index in [1.54, 1.807) is 0 Å². The molecule has 2 aliphatic rings. The molecule has 0 unspecified atom stereocenters. The number of halogens is 2. The molecule has 2 N–H and O–H groups in total. The van der Waals surface area contributed by atoms with Crippen LogP contribution in [0.3, 0.4) is 0 Å². The highest BCUT2D eigenvalue weighted by Crippen LogP contribution is 2.49. The Morgan fingerprint density at radius 1 is 1.16 bits per heavy atom. The van der Waals surface area contributed by atoms with Crippen LogP contribution in [-0.4, -0.2) is 19.8 Å².